The number of aryl methyl sites for hydroxylation is 2. The van der Waals surface area contributed by atoms with Crippen LogP contribution in [0.15, 0.2) is 38.4 Å². The average molecular weight is 480 g/mol. The second kappa shape index (κ2) is 8.66. The third-order valence-corrected chi connectivity index (χ3v) is 7.57. The highest BCUT2D eigenvalue weighted by atomic mass is 35.5. The van der Waals surface area contributed by atoms with Crippen molar-refractivity contribution in [3.63, 3.8) is 0 Å². The second-order valence-electron chi connectivity index (χ2n) is 7.56. The highest BCUT2D eigenvalue weighted by Crippen LogP contribution is 2.28. The number of hydrogen-bond acceptors (Lipinski definition) is 7. The molecule has 0 spiro atoms. The number of anilines is 1. The smallest absolute Gasteiger partial charge is 0.277 e. The highest BCUT2D eigenvalue weighted by molar-refractivity contribution is 7.89. The molecular formula is C20H22ClN5O5S. The lowest BCUT2D eigenvalue weighted by Crippen LogP contribution is -2.50. The summed E-state index contributed by atoms with van der Waals surface area (Å²) in [6.07, 6.45) is 0. The van der Waals surface area contributed by atoms with Crippen molar-refractivity contribution in [3.05, 3.63) is 51.1 Å². The van der Waals surface area contributed by atoms with Crippen molar-refractivity contribution in [2.24, 2.45) is 0 Å². The van der Waals surface area contributed by atoms with Gasteiger partial charge in [-0.2, -0.15) is 9.40 Å². The molecule has 1 aliphatic heterocycles. The van der Waals surface area contributed by atoms with Gasteiger partial charge in [0, 0.05) is 31.2 Å². The summed E-state index contributed by atoms with van der Waals surface area (Å²) >= 11 is 5.84. The maximum absolute atomic E-state index is 12.8. The summed E-state index contributed by atoms with van der Waals surface area (Å²) in [6.45, 7) is 4.77. The largest absolute Gasteiger partial charge is 0.444 e. The van der Waals surface area contributed by atoms with Gasteiger partial charge in [-0.15, -0.1) is 0 Å². The third-order valence-electron chi connectivity index (χ3n) is 5.40. The van der Waals surface area contributed by atoms with E-state index in [1.54, 1.807) is 13.8 Å². The molecule has 0 unspecified atom stereocenters. The molecule has 170 valence electrons. The molecule has 2 N–H and O–H groups in total. The quantitative estimate of drug-likeness (QED) is 0.570. The van der Waals surface area contributed by atoms with Crippen LogP contribution in [0.4, 0.5) is 5.88 Å². The number of piperazine rings is 1. The van der Waals surface area contributed by atoms with Gasteiger partial charge in [0.1, 0.15) is 11.1 Å². The Kier molecular flexibility index (Phi) is 6.08. The van der Waals surface area contributed by atoms with E-state index in [0.29, 0.717) is 35.0 Å². The van der Waals surface area contributed by atoms with Crippen molar-refractivity contribution < 1.29 is 17.6 Å². The number of aromatic amines is 1. The third kappa shape index (κ3) is 4.29. The van der Waals surface area contributed by atoms with Crippen molar-refractivity contribution >= 4 is 44.2 Å². The number of halogens is 1. The predicted octanol–water partition coefficient (Wildman–Crippen LogP) is 1.73. The van der Waals surface area contributed by atoms with Crippen LogP contribution in [-0.2, 0) is 14.8 Å². The standard InChI is InChI=1S/C20H22ClN5O5S/c1-12-17-13(2)31-20(18(17)19(28)24-23-12)22-16(27)11-25-7-9-26(10-8-25)32(29,30)15-5-3-14(21)4-6-15/h3-6H,7-11H2,1-2H3,(H,22,27)(H,24,28). The zero-order valence-electron chi connectivity index (χ0n) is 17.5. The molecule has 1 saturated heterocycles. The van der Waals surface area contributed by atoms with E-state index in [0.717, 1.165) is 0 Å². The van der Waals surface area contributed by atoms with E-state index in [4.69, 9.17) is 16.0 Å². The zero-order chi connectivity index (χ0) is 23.0. The Bertz CT molecular complexity index is 1320. The zero-order valence-corrected chi connectivity index (χ0v) is 19.1. The van der Waals surface area contributed by atoms with E-state index in [1.165, 1.54) is 28.6 Å². The summed E-state index contributed by atoms with van der Waals surface area (Å²) in [5.74, 6) is 0.217. The summed E-state index contributed by atoms with van der Waals surface area (Å²) in [7, 11) is -3.62. The SMILES string of the molecule is Cc1n[nH]c(=O)c2c(NC(=O)CN3CCN(S(=O)(=O)c4ccc(Cl)cc4)CC3)oc(C)c12. The van der Waals surface area contributed by atoms with Gasteiger partial charge in [0.05, 0.1) is 22.5 Å². The number of amides is 1. The molecule has 3 heterocycles. The first-order chi connectivity index (χ1) is 15.2. The van der Waals surface area contributed by atoms with Crippen LogP contribution in [0.1, 0.15) is 11.5 Å². The Morgan fingerprint density at radius 3 is 2.47 bits per heavy atom. The van der Waals surface area contributed by atoms with Crippen LogP contribution < -0.4 is 10.9 Å². The Labute approximate surface area is 189 Å². The van der Waals surface area contributed by atoms with Gasteiger partial charge in [0.2, 0.25) is 21.8 Å². The molecule has 1 fully saturated rings. The number of nitrogens with zero attached hydrogens (tertiary/aromatic N) is 3. The number of benzene rings is 1. The summed E-state index contributed by atoms with van der Waals surface area (Å²) in [4.78, 5) is 26.8. The number of sulfonamides is 1. The van der Waals surface area contributed by atoms with Crippen LogP contribution >= 0.6 is 11.6 Å². The van der Waals surface area contributed by atoms with E-state index >= 15 is 0 Å². The number of aromatic nitrogens is 2. The first-order valence-electron chi connectivity index (χ1n) is 9.93. The summed E-state index contributed by atoms with van der Waals surface area (Å²) in [5.41, 5.74) is 0.151. The van der Waals surface area contributed by atoms with Crippen LogP contribution in [0.25, 0.3) is 10.8 Å². The van der Waals surface area contributed by atoms with Crippen molar-refractivity contribution in [2.75, 3.05) is 38.0 Å². The molecule has 0 saturated carbocycles. The van der Waals surface area contributed by atoms with Gasteiger partial charge in [-0.1, -0.05) is 11.6 Å². The average Bonchev–Trinajstić information content (AvgIpc) is 3.08. The number of rotatable bonds is 5. The first-order valence-corrected chi connectivity index (χ1v) is 11.7. The molecule has 10 nitrogen and oxygen atoms in total. The van der Waals surface area contributed by atoms with Crippen LogP contribution in [0.2, 0.25) is 5.02 Å². The number of hydrogen-bond donors (Lipinski definition) is 2. The fourth-order valence-electron chi connectivity index (χ4n) is 3.78. The molecule has 0 aliphatic carbocycles. The lowest BCUT2D eigenvalue weighted by Gasteiger charge is -2.33. The molecule has 0 bridgehead atoms. The topological polar surface area (TPSA) is 129 Å². The second-order valence-corrected chi connectivity index (χ2v) is 9.93. The lowest BCUT2D eigenvalue weighted by molar-refractivity contribution is -0.117. The minimum absolute atomic E-state index is 0.0397. The fourth-order valence-corrected chi connectivity index (χ4v) is 5.33. The molecule has 12 heteroatoms. The highest BCUT2D eigenvalue weighted by Gasteiger charge is 2.29. The van der Waals surface area contributed by atoms with Gasteiger partial charge in [-0.25, -0.2) is 13.5 Å². The summed E-state index contributed by atoms with van der Waals surface area (Å²) in [6, 6.07) is 6.04. The van der Waals surface area contributed by atoms with Crippen molar-refractivity contribution in [2.45, 2.75) is 18.7 Å². The maximum atomic E-state index is 12.8. The minimum atomic E-state index is -3.62. The molecule has 1 amide bonds. The van der Waals surface area contributed by atoms with Crippen molar-refractivity contribution in [1.82, 2.24) is 19.4 Å². The number of nitrogens with one attached hydrogen (secondary N) is 2. The van der Waals surface area contributed by atoms with Crippen molar-refractivity contribution in [3.8, 4) is 0 Å². The van der Waals surface area contributed by atoms with Crippen molar-refractivity contribution in [1.29, 1.82) is 0 Å². The van der Waals surface area contributed by atoms with Gasteiger partial charge >= 0.3 is 0 Å². The molecule has 1 aromatic carbocycles. The molecule has 0 radical (unpaired) electrons. The Balaban J connectivity index is 1.39. The van der Waals surface area contributed by atoms with Crippen LogP contribution in [0.3, 0.4) is 0 Å². The van der Waals surface area contributed by atoms with Gasteiger partial charge < -0.3 is 4.42 Å². The van der Waals surface area contributed by atoms with Gasteiger partial charge in [0.15, 0.2) is 0 Å². The normalized spacial score (nSPS) is 15.8. The van der Waals surface area contributed by atoms with Crippen LogP contribution in [-0.4, -0.2) is 66.5 Å². The minimum Gasteiger partial charge on any atom is -0.444 e. The van der Waals surface area contributed by atoms with E-state index in [2.05, 4.69) is 15.5 Å². The van der Waals surface area contributed by atoms with Gasteiger partial charge in [-0.3, -0.25) is 19.8 Å². The Hall–Kier alpha value is -2.73. The fraction of sp³-hybridized carbons (Fsp3) is 0.350. The van der Waals surface area contributed by atoms with E-state index in [-0.39, 0.29) is 41.7 Å². The molecule has 1 aliphatic rings. The monoisotopic (exact) mass is 479 g/mol. The molecule has 0 atom stereocenters. The molecular weight excluding hydrogens is 458 g/mol. The molecule has 3 aromatic rings. The Morgan fingerprint density at radius 2 is 1.81 bits per heavy atom. The molecule has 32 heavy (non-hydrogen) atoms. The van der Waals surface area contributed by atoms with E-state index < -0.39 is 15.6 Å². The summed E-state index contributed by atoms with van der Waals surface area (Å²) in [5, 5.41) is 10.3. The summed E-state index contributed by atoms with van der Waals surface area (Å²) < 4.78 is 32.6. The molecule has 4 rings (SSSR count). The van der Waals surface area contributed by atoms with Crippen LogP contribution in [0.5, 0.6) is 0 Å². The predicted molar refractivity (Wildman–Crippen MR) is 119 cm³/mol. The number of carbonyl (C=O) groups is 1. The first kappa shape index (κ1) is 22.5. The van der Waals surface area contributed by atoms with Gasteiger partial charge in [0.25, 0.3) is 5.56 Å². The van der Waals surface area contributed by atoms with E-state index in [1.807, 2.05) is 4.90 Å². The van der Waals surface area contributed by atoms with E-state index in [9.17, 15) is 18.0 Å². The molecule has 2 aromatic heterocycles. The maximum Gasteiger partial charge on any atom is 0.277 e. The number of furan rings is 1. The number of carbonyl (C=O) groups excluding carboxylic acids is 1. The number of H-pyrrole nitrogens is 1. The lowest BCUT2D eigenvalue weighted by atomic mass is 10.2. The van der Waals surface area contributed by atoms with Crippen LogP contribution in [0, 0.1) is 13.8 Å². The van der Waals surface area contributed by atoms with Gasteiger partial charge in [-0.05, 0) is 38.1 Å². The Morgan fingerprint density at radius 1 is 1.16 bits per heavy atom. The number of fused-ring (bicyclic) bond motifs is 1.